The largest absolute Gasteiger partial charge is 0.0651 e. The molecule has 2 rings (SSSR count). The summed E-state index contributed by atoms with van der Waals surface area (Å²) < 4.78 is 0. The van der Waals surface area contributed by atoms with E-state index in [1.165, 1.54) is 64.2 Å². The molecule has 0 heteroatoms. The van der Waals surface area contributed by atoms with E-state index in [0.717, 1.165) is 23.7 Å². The van der Waals surface area contributed by atoms with Crippen molar-refractivity contribution in [2.75, 3.05) is 0 Å². The van der Waals surface area contributed by atoms with Crippen LogP contribution in [0.5, 0.6) is 0 Å². The quantitative estimate of drug-likeness (QED) is 0.494. The molecule has 2 aliphatic rings. The molecular weight excluding hydrogens is 264 g/mol. The van der Waals surface area contributed by atoms with E-state index in [-0.39, 0.29) is 0 Å². The van der Waals surface area contributed by atoms with Gasteiger partial charge in [-0.1, -0.05) is 73.6 Å². The molecule has 0 unspecified atom stereocenters. The lowest BCUT2D eigenvalue weighted by atomic mass is 9.58. The molecule has 0 atom stereocenters. The van der Waals surface area contributed by atoms with Crippen molar-refractivity contribution in [1.82, 2.24) is 0 Å². The molecule has 0 amide bonds. The summed E-state index contributed by atoms with van der Waals surface area (Å²) in [7, 11) is 0. The Hall–Kier alpha value is 0. The van der Waals surface area contributed by atoms with E-state index >= 15 is 0 Å². The predicted molar refractivity (Wildman–Crippen MR) is 99.0 cm³/mol. The van der Waals surface area contributed by atoms with Gasteiger partial charge in [-0.25, -0.2) is 0 Å². The fourth-order valence-electron chi connectivity index (χ4n) is 5.86. The summed E-state index contributed by atoms with van der Waals surface area (Å²) in [5.74, 6) is 3.94. The molecule has 0 aromatic rings. The molecule has 2 fully saturated rings. The van der Waals surface area contributed by atoms with Crippen LogP contribution < -0.4 is 0 Å². The van der Waals surface area contributed by atoms with Crippen LogP contribution in [0.4, 0.5) is 0 Å². The van der Waals surface area contributed by atoms with Gasteiger partial charge >= 0.3 is 0 Å². The lowest BCUT2D eigenvalue weighted by Crippen LogP contribution is -2.37. The monoisotopic (exact) mass is 306 g/mol. The molecule has 0 bridgehead atoms. The van der Waals surface area contributed by atoms with Gasteiger partial charge in [0.15, 0.2) is 0 Å². The van der Waals surface area contributed by atoms with E-state index in [1.54, 1.807) is 0 Å². The molecule has 22 heavy (non-hydrogen) atoms. The van der Waals surface area contributed by atoms with Gasteiger partial charge in [0.05, 0.1) is 0 Å². The minimum Gasteiger partial charge on any atom is -0.0651 e. The normalized spacial score (nSPS) is 34.6. The Morgan fingerprint density at radius 1 is 0.682 bits per heavy atom. The highest BCUT2D eigenvalue weighted by Gasteiger charge is 2.40. The van der Waals surface area contributed by atoms with Crippen molar-refractivity contribution in [3.63, 3.8) is 0 Å². The van der Waals surface area contributed by atoms with E-state index in [2.05, 4.69) is 41.5 Å². The summed E-state index contributed by atoms with van der Waals surface area (Å²) in [4.78, 5) is 0. The maximum atomic E-state index is 2.58. The number of hydrogen-bond donors (Lipinski definition) is 0. The second-order valence-corrected chi connectivity index (χ2v) is 10.2. The fraction of sp³-hybridized carbons (Fsp3) is 1.00. The van der Waals surface area contributed by atoms with Crippen LogP contribution in [-0.4, -0.2) is 0 Å². The summed E-state index contributed by atoms with van der Waals surface area (Å²) in [6.45, 7) is 15.1. The first kappa shape index (κ1) is 18.3. The molecule has 0 heterocycles. The van der Waals surface area contributed by atoms with E-state index < -0.39 is 0 Å². The predicted octanol–water partition coefficient (Wildman–Crippen LogP) is 7.47. The van der Waals surface area contributed by atoms with Gasteiger partial charge in [0.2, 0.25) is 0 Å². The molecule has 130 valence electrons. The first-order valence-electron chi connectivity index (χ1n) is 10.2. The van der Waals surface area contributed by atoms with Gasteiger partial charge in [-0.3, -0.25) is 0 Å². The van der Waals surface area contributed by atoms with Crippen LogP contribution in [0.1, 0.15) is 106 Å². The summed E-state index contributed by atoms with van der Waals surface area (Å²) in [5, 5.41) is 0. The minimum atomic E-state index is 0.533. The Morgan fingerprint density at radius 2 is 1.09 bits per heavy atom. The molecule has 0 nitrogen and oxygen atoms in total. The Morgan fingerprint density at radius 3 is 1.50 bits per heavy atom. The molecule has 0 N–H and O–H groups in total. The number of rotatable bonds is 5. The third-order valence-electron chi connectivity index (χ3n) is 7.56. The van der Waals surface area contributed by atoms with Gasteiger partial charge in [-0.15, -0.1) is 0 Å². The van der Waals surface area contributed by atoms with Crippen LogP contribution in [-0.2, 0) is 0 Å². The second kappa shape index (κ2) is 7.27. The Labute approximate surface area is 140 Å². The average molecular weight is 307 g/mol. The topological polar surface area (TPSA) is 0 Å². The van der Waals surface area contributed by atoms with E-state index in [1.807, 2.05) is 0 Å². The first-order chi connectivity index (χ1) is 10.2. The average Bonchev–Trinajstić information content (AvgIpc) is 2.46. The van der Waals surface area contributed by atoms with Gasteiger partial charge in [-0.05, 0) is 66.6 Å². The Kier molecular flexibility index (Phi) is 6.06. The minimum absolute atomic E-state index is 0.533. The highest BCUT2D eigenvalue weighted by molar-refractivity contribution is 4.91. The van der Waals surface area contributed by atoms with Crippen molar-refractivity contribution in [3.05, 3.63) is 0 Å². The van der Waals surface area contributed by atoms with Crippen molar-refractivity contribution in [1.29, 1.82) is 0 Å². The number of hydrogen-bond acceptors (Lipinski definition) is 0. The summed E-state index contributed by atoms with van der Waals surface area (Å²) >= 11 is 0. The molecule has 2 aliphatic carbocycles. The molecule has 0 aromatic carbocycles. The summed E-state index contributed by atoms with van der Waals surface area (Å²) in [6.07, 6.45) is 14.7. The zero-order chi connectivity index (χ0) is 16.4. The van der Waals surface area contributed by atoms with Crippen molar-refractivity contribution < 1.29 is 0 Å². The van der Waals surface area contributed by atoms with E-state index in [9.17, 15) is 0 Å². The Bertz CT molecular complexity index is 322. The van der Waals surface area contributed by atoms with Crippen LogP contribution in [0, 0.1) is 34.5 Å². The summed E-state index contributed by atoms with van der Waals surface area (Å²) in [6, 6.07) is 0. The van der Waals surface area contributed by atoms with Gasteiger partial charge in [0, 0.05) is 0 Å². The van der Waals surface area contributed by atoms with Crippen LogP contribution in [0.3, 0.4) is 0 Å². The third-order valence-corrected chi connectivity index (χ3v) is 7.56. The van der Waals surface area contributed by atoms with E-state index in [4.69, 9.17) is 0 Å². The van der Waals surface area contributed by atoms with E-state index in [0.29, 0.717) is 10.8 Å². The lowest BCUT2D eigenvalue weighted by molar-refractivity contribution is 0.0334. The Balaban J connectivity index is 1.92. The van der Waals surface area contributed by atoms with Crippen LogP contribution >= 0.6 is 0 Å². The molecule has 0 spiro atoms. The molecule has 0 radical (unpaired) electrons. The van der Waals surface area contributed by atoms with Crippen LogP contribution in [0.15, 0.2) is 0 Å². The molecular formula is C22H42. The lowest BCUT2D eigenvalue weighted by Gasteiger charge is -2.47. The smallest absolute Gasteiger partial charge is 0.0321 e. The maximum Gasteiger partial charge on any atom is -0.0321 e. The van der Waals surface area contributed by atoms with Crippen molar-refractivity contribution >= 4 is 0 Å². The fourth-order valence-corrected chi connectivity index (χ4v) is 5.86. The SMILES string of the molecule is CCC1CCC(C(C)(C)CC(C)(C)C2CCC(C)CC2)CC1. The highest BCUT2D eigenvalue weighted by atomic mass is 14.5. The summed E-state index contributed by atoms with van der Waals surface area (Å²) in [5.41, 5.74) is 1.07. The van der Waals surface area contributed by atoms with Gasteiger partial charge < -0.3 is 0 Å². The van der Waals surface area contributed by atoms with Gasteiger partial charge in [0.25, 0.3) is 0 Å². The van der Waals surface area contributed by atoms with Crippen LogP contribution in [0.2, 0.25) is 0 Å². The zero-order valence-corrected chi connectivity index (χ0v) is 16.4. The standard InChI is InChI=1S/C22H42/c1-7-18-10-14-20(15-11-18)22(5,6)16-21(3,4)19-12-8-17(2)9-13-19/h17-20H,7-16H2,1-6H3. The van der Waals surface area contributed by atoms with Crippen LogP contribution in [0.25, 0.3) is 0 Å². The van der Waals surface area contributed by atoms with Gasteiger partial charge in [0.1, 0.15) is 0 Å². The molecule has 0 aliphatic heterocycles. The van der Waals surface area contributed by atoms with Crippen molar-refractivity contribution in [2.45, 2.75) is 106 Å². The molecule has 2 saturated carbocycles. The van der Waals surface area contributed by atoms with Crippen molar-refractivity contribution in [2.24, 2.45) is 34.5 Å². The highest BCUT2D eigenvalue weighted by Crippen LogP contribution is 2.51. The van der Waals surface area contributed by atoms with Gasteiger partial charge in [-0.2, -0.15) is 0 Å². The first-order valence-corrected chi connectivity index (χ1v) is 10.2. The zero-order valence-electron chi connectivity index (χ0n) is 16.4. The third kappa shape index (κ3) is 4.51. The van der Waals surface area contributed by atoms with Crippen molar-refractivity contribution in [3.8, 4) is 0 Å². The maximum absolute atomic E-state index is 2.58. The molecule has 0 aromatic heterocycles. The molecule has 0 saturated heterocycles. The second-order valence-electron chi connectivity index (χ2n) is 10.2.